The molecule has 1 amide bonds. The topological polar surface area (TPSA) is 64.2 Å². The highest BCUT2D eigenvalue weighted by atomic mass is 16.4. The number of hydrogen-bond donors (Lipinski definition) is 1. The van der Waals surface area contributed by atoms with Gasteiger partial charge in [0.2, 0.25) is 0 Å². The van der Waals surface area contributed by atoms with Crippen LogP contribution in [0.4, 0.5) is 0 Å². The molecule has 0 aliphatic rings. The van der Waals surface area contributed by atoms with Gasteiger partial charge in [0.05, 0.1) is 5.52 Å². The van der Waals surface area contributed by atoms with E-state index in [0.29, 0.717) is 23.2 Å². The molecule has 1 N–H and O–H groups in total. The van der Waals surface area contributed by atoms with E-state index >= 15 is 0 Å². The van der Waals surface area contributed by atoms with Crippen LogP contribution in [0.3, 0.4) is 0 Å². The van der Waals surface area contributed by atoms with Crippen LogP contribution in [0.1, 0.15) is 81.5 Å². The first-order valence-corrected chi connectivity index (χ1v) is 10.0. The summed E-state index contributed by atoms with van der Waals surface area (Å²) in [5.41, 5.74) is 1.70. The number of aromatic nitrogens is 1. The van der Waals surface area contributed by atoms with Gasteiger partial charge < -0.3 is 9.73 Å². The monoisotopic (exact) mass is 360 g/mol. The molecular formula is C21H32N2O3. The summed E-state index contributed by atoms with van der Waals surface area (Å²) in [6.07, 6.45) is 12.8. The molecular weight excluding hydrogens is 328 g/mol. The fourth-order valence-electron chi connectivity index (χ4n) is 3.18. The van der Waals surface area contributed by atoms with E-state index in [4.69, 9.17) is 4.42 Å². The van der Waals surface area contributed by atoms with Gasteiger partial charge in [0.15, 0.2) is 5.58 Å². The smallest absolute Gasteiger partial charge is 0.408 e. The van der Waals surface area contributed by atoms with Crippen molar-refractivity contribution in [3.8, 4) is 0 Å². The Morgan fingerprint density at radius 2 is 1.62 bits per heavy atom. The third kappa shape index (κ3) is 6.04. The average Bonchev–Trinajstić information content (AvgIpc) is 2.93. The van der Waals surface area contributed by atoms with Crippen LogP contribution in [0.2, 0.25) is 0 Å². The summed E-state index contributed by atoms with van der Waals surface area (Å²) in [6, 6.07) is 5.07. The van der Waals surface area contributed by atoms with Crippen LogP contribution in [0.25, 0.3) is 11.1 Å². The van der Waals surface area contributed by atoms with E-state index in [1.807, 2.05) is 0 Å². The number of benzene rings is 1. The standard InChI is InChI=1S/C21H32N2O3/c1-3-4-5-6-7-8-9-10-11-12-15-22-20(24)17-13-14-19-18(16-17)23(2)21(25)26-19/h13-14,16H,3-12,15H2,1-2H3,(H,22,24). The molecule has 0 spiro atoms. The molecule has 2 aromatic rings. The predicted octanol–water partition coefficient (Wildman–Crippen LogP) is 4.78. The van der Waals surface area contributed by atoms with E-state index in [1.165, 1.54) is 55.9 Å². The molecule has 0 bridgehead atoms. The minimum atomic E-state index is -0.414. The van der Waals surface area contributed by atoms with Crippen LogP contribution in [0.15, 0.2) is 27.4 Å². The number of hydrogen-bond acceptors (Lipinski definition) is 3. The van der Waals surface area contributed by atoms with Gasteiger partial charge in [0.1, 0.15) is 0 Å². The van der Waals surface area contributed by atoms with Crippen molar-refractivity contribution in [1.29, 1.82) is 0 Å². The van der Waals surface area contributed by atoms with Crippen LogP contribution >= 0.6 is 0 Å². The SMILES string of the molecule is CCCCCCCCCCCCNC(=O)c1ccc2oc(=O)n(C)c2c1. The Balaban J connectivity index is 1.61. The Bertz CT molecular complexity index is 745. The number of fused-ring (bicyclic) bond motifs is 1. The van der Waals surface area contributed by atoms with E-state index in [2.05, 4.69) is 12.2 Å². The number of carbonyl (C=O) groups is 1. The maximum Gasteiger partial charge on any atom is 0.419 e. The molecule has 0 unspecified atom stereocenters. The number of rotatable bonds is 12. The van der Waals surface area contributed by atoms with Gasteiger partial charge in [0, 0.05) is 19.2 Å². The Kier molecular flexibility index (Phi) is 8.45. The molecule has 0 saturated carbocycles. The molecule has 5 nitrogen and oxygen atoms in total. The van der Waals surface area contributed by atoms with Gasteiger partial charge in [-0.15, -0.1) is 0 Å². The normalized spacial score (nSPS) is 11.2. The van der Waals surface area contributed by atoms with Crippen molar-refractivity contribution in [3.05, 3.63) is 34.3 Å². The zero-order valence-electron chi connectivity index (χ0n) is 16.2. The van der Waals surface area contributed by atoms with Crippen LogP contribution in [-0.2, 0) is 7.05 Å². The number of unbranched alkanes of at least 4 members (excludes halogenated alkanes) is 9. The van der Waals surface area contributed by atoms with Crippen molar-refractivity contribution < 1.29 is 9.21 Å². The van der Waals surface area contributed by atoms with Crippen molar-refractivity contribution >= 4 is 17.0 Å². The number of nitrogens with one attached hydrogen (secondary N) is 1. The van der Waals surface area contributed by atoms with Gasteiger partial charge in [-0.2, -0.15) is 0 Å². The largest absolute Gasteiger partial charge is 0.419 e. The minimum Gasteiger partial charge on any atom is -0.408 e. The molecule has 0 atom stereocenters. The molecule has 144 valence electrons. The van der Waals surface area contributed by atoms with Gasteiger partial charge >= 0.3 is 5.76 Å². The molecule has 0 fully saturated rings. The second kappa shape index (κ2) is 10.8. The zero-order chi connectivity index (χ0) is 18.8. The van der Waals surface area contributed by atoms with Gasteiger partial charge in [-0.25, -0.2) is 4.79 Å². The van der Waals surface area contributed by atoms with E-state index in [0.717, 1.165) is 12.8 Å². The number of amides is 1. The van der Waals surface area contributed by atoms with Crippen molar-refractivity contribution in [1.82, 2.24) is 9.88 Å². The maximum atomic E-state index is 12.2. The summed E-state index contributed by atoms with van der Waals surface area (Å²) in [4.78, 5) is 23.7. The Hall–Kier alpha value is -2.04. The quantitative estimate of drug-likeness (QED) is 0.554. The molecule has 2 rings (SSSR count). The van der Waals surface area contributed by atoms with E-state index in [9.17, 15) is 9.59 Å². The fourth-order valence-corrected chi connectivity index (χ4v) is 3.18. The summed E-state index contributed by atoms with van der Waals surface area (Å²) in [6.45, 7) is 2.94. The molecule has 1 aromatic heterocycles. The summed E-state index contributed by atoms with van der Waals surface area (Å²) >= 11 is 0. The Labute approximate surface area is 155 Å². The Morgan fingerprint density at radius 1 is 1.00 bits per heavy atom. The number of carbonyl (C=O) groups excluding carboxylic acids is 1. The van der Waals surface area contributed by atoms with Crippen molar-refractivity contribution in [2.45, 2.75) is 71.1 Å². The maximum absolute atomic E-state index is 12.2. The lowest BCUT2D eigenvalue weighted by Crippen LogP contribution is -2.24. The third-order valence-electron chi connectivity index (χ3n) is 4.87. The van der Waals surface area contributed by atoms with E-state index in [-0.39, 0.29) is 5.91 Å². The number of aryl methyl sites for hydroxylation is 1. The van der Waals surface area contributed by atoms with Gasteiger partial charge in [-0.1, -0.05) is 64.7 Å². The highest BCUT2D eigenvalue weighted by molar-refractivity contribution is 5.97. The minimum absolute atomic E-state index is 0.100. The lowest BCUT2D eigenvalue weighted by Gasteiger charge is -2.06. The van der Waals surface area contributed by atoms with Crippen molar-refractivity contribution in [2.24, 2.45) is 7.05 Å². The van der Waals surface area contributed by atoms with Crippen LogP contribution < -0.4 is 11.1 Å². The van der Waals surface area contributed by atoms with Gasteiger partial charge in [0.25, 0.3) is 5.91 Å². The van der Waals surface area contributed by atoms with E-state index in [1.54, 1.807) is 25.2 Å². The lowest BCUT2D eigenvalue weighted by atomic mass is 10.1. The predicted molar refractivity (Wildman–Crippen MR) is 106 cm³/mol. The molecule has 0 aliphatic carbocycles. The summed E-state index contributed by atoms with van der Waals surface area (Å²) < 4.78 is 6.49. The molecule has 5 heteroatoms. The molecule has 0 saturated heterocycles. The van der Waals surface area contributed by atoms with Gasteiger partial charge in [-0.3, -0.25) is 9.36 Å². The van der Waals surface area contributed by atoms with Gasteiger partial charge in [-0.05, 0) is 24.6 Å². The Morgan fingerprint density at radius 3 is 2.27 bits per heavy atom. The molecule has 0 radical (unpaired) electrons. The number of oxazole rings is 1. The molecule has 0 aliphatic heterocycles. The highest BCUT2D eigenvalue weighted by Gasteiger charge is 2.10. The van der Waals surface area contributed by atoms with Crippen LogP contribution in [0, 0.1) is 0 Å². The summed E-state index contributed by atoms with van der Waals surface area (Å²) in [5, 5.41) is 2.96. The van der Waals surface area contributed by atoms with Crippen molar-refractivity contribution in [2.75, 3.05) is 6.54 Å². The average molecular weight is 360 g/mol. The van der Waals surface area contributed by atoms with Crippen LogP contribution in [-0.4, -0.2) is 17.0 Å². The third-order valence-corrected chi connectivity index (χ3v) is 4.87. The lowest BCUT2D eigenvalue weighted by molar-refractivity contribution is 0.0953. The second-order valence-corrected chi connectivity index (χ2v) is 7.05. The van der Waals surface area contributed by atoms with E-state index < -0.39 is 5.76 Å². The number of nitrogens with zero attached hydrogens (tertiary/aromatic N) is 1. The summed E-state index contributed by atoms with van der Waals surface area (Å²) in [7, 11) is 1.64. The first-order valence-electron chi connectivity index (χ1n) is 10.0. The first kappa shape index (κ1) is 20.3. The molecule has 1 heterocycles. The zero-order valence-corrected chi connectivity index (χ0v) is 16.2. The van der Waals surface area contributed by atoms with Crippen molar-refractivity contribution in [3.63, 3.8) is 0 Å². The summed E-state index contributed by atoms with van der Waals surface area (Å²) in [5.74, 6) is -0.514. The first-order chi connectivity index (χ1) is 12.6. The fraction of sp³-hybridized carbons (Fsp3) is 0.619. The molecule has 26 heavy (non-hydrogen) atoms. The molecule has 1 aromatic carbocycles. The van der Waals surface area contributed by atoms with Crippen LogP contribution in [0.5, 0.6) is 0 Å². The second-order valence-electron chi connectivity index (χ2n) is 7.05. The highest BCUT2D eigenvalue weighted by Crippen LogP contribution is 2.14.